The van der Waals surface area contributed by atoms with E-state index in [0.717, 1.165) is 0 Å². The average Bonchev–Trinajstić information content (AvgIpc) is 2.50. The zero-order valence-electron chi connectivity index (χ0n) is 11.5. The molecule has 7 heteroatoms. The Balaban J connectivity index is 2.30. The highest BCUT2D eigenvalue weighted by atomic mass is 35.5. The predicted molar refractivity (Wildman–Crippen MR) is 94.7 cm³/mol. The van der Waals surface area contributed by atoms with Crippen molar-refractivity contribution in [1.29, 1.82) is 0 Å². The second-order valence-electron chi connectivity index (χ2n) is 4.34. The summed E-state index contributed by atoms with van der Waals surface area (Å²) in [6.45, 7) is 0.134. The fourth-order valence-corrected chi connectivity index (χ4v) is 2.58. The van der Waals surface area contributed by atoms with Crippen LogP contribution in [0.2, 0.25) is 15.1 Å². The van der Waals surface area contributed by atoms with Gasteiger partial charge < -0.3 is 15.2 Å². The van der Waals surface area contributed by atoms with Crippen molar-refractivity contribution in [2.45, 2.75) is 6.61 Å². The van der Waals surface area contributed by atoms with E-state index in [9.17, 15) is 0 Å². The Hall–Kier alpha value is -1.20. The maximum Gasteiger partial charge on any atom is 0.162 e. The van der Waals surface area contributed by atoms with Crippen molar-refractivity contribution in [2.75, 3.05) is 7.11 Å². The Bertz CT molecular complexity index is 722. The zero-order valence-corrected chi connectivity index (χ0v) is 14.6. The summed E-state index contributed by atoms with van der Waals surface area (Å²) in [7, 11) is 1.54. The molecule has 0 saturated heterocycles. The molecule has 2 rings (SSSR count). The molecule has 0 aliphatic rings. The molecule has 0 unspecified atom stereocenters. The number of hydrogen-bond acceptors (Lipinski definition) is 3. The van der Waals surface area contributed by atoms with Crippen LogP contribution in [-0.2, 0) is 6.61 Å². The van der Waals surface area contributed by atoms with Gasteiger partial charge in [0.2, 0.25) is 0 Å². The van der Waals surface area contributed by atoms with Crippen LogP contribution in [0, 0.1) is 0 Å². The molecule has 0 fully saturated rings. The monoisotopic (exact) mass is 375 g/mol. The maximum absolute atomic E-state index is 6.15. The Kier molecular flexibility index (Phi) is 5.75. The lowest BCUT2D eigenvalue weighted by atomic mass is 10.2. The van der Waals surface area contributed by atoms with Crippen molar-refractivity contribution in [2.24, 2.45) is 5.73 Å². The van der Waals surface area contributed by atoms with Crippen molar-refractivity contribution in [1.82, 2.24) is 0 Å². The zero-order chi connectivity index (χ0) is 16.3. The van der Waals surface area contributed by atoms with Gasteiger partial charge in [-0.15, -0.1) is 0 Å². The van der Waals surface area contributed by atoms with Crippen LogP contribution in [0.1, 0.15) is 11.1 Å². The molecule has 0 aliphatic carbocycles. The number of rotatable bonds is 5. The molecule has 0 aromatic heterocycles. The summed E-state index contributed by atoms with van der Waals surface area (Å²) < 4.78 is 11.0. The molecule has 0 saturated carbocycles. The van der Waals surface area contributed by atoms with E-state index in [1.54, 1.807) is 37.4 Å². The minimum atomic E-state index is 0.134. The van der Waals surface area contributed by atoms with Gasteiger partial charge in [0.05, 0.1) is 17.2 Å². The third-order valence-electron chi connectivity index (χ3n) is 2.96. The Morgan fingerprint density at radius 3 is 2.41 bits per heavy atom. The first-order valence-corrected chi connectivity index (χ1v) is 7.71. The lowest BCUT2D eigenvalue weighted by Gasteiger charge is -2.14. The summed E-state index contributed by atoms with van der Waals surface area (Å²) >= 11 is 23.2. The van der Waals surface area contributed by atoms with E-state index in [0.29, 0.717) is 37.7 Å². The fourth-order valence-electron chi connectivity index (χ4n) is 1.79. The Morgan fingerprint density at radius 2 is 1.77 bits per heavy atom. The maximum atomic E-state index is 6.15. The van der Waals surface area contributed by atoms with Crippen LogP contribution < -0.4 is 15.2 Å². The van der Waals surface area contributed by atoms with Crippen LogP contribution in [0.3, 0.4) is 0 Å². The highest BCUT2D eigenvalue weighted by molar-refractivity contribution is 7.80. The molecule has 2 aromatic carbocycles. The van der Waals surface area contributed by atoms with Gasteiger partial charge in [0, 0.05) is 16.1 Å². The van der Waals surface area contributed by atoms with Crippen molar-refractivity contribution in [3.05, 3.63) is 56.5 Å². The molecule has 0 spiro atoms. The van der Waals surface area contributed by atoms with Crippen molar-refractivity contribution in [3.8, 4) is 11.5 Å². The molecule has 0 amide bonds. The number of benzene rings is 2. The number of hydrogen-bond donors (Lipinski definition) is 1. The molecule has 0 atom stereocenters. The van der Waals surface area contributed by atoms with Gasteiger partial charge in [-0.3, -0.25) is 0 Å². The molecule has 22 heavy (non-hydrogen) atoms. The number of ether oxygens (including phenoxy) is 2. The van der Waals surface area contributed by atoms with Gasteiger partial charge in [-0.2, -0.15) is 0 Å². The minimum absolute atomic E-state index is 0.134. The number of halogens is 3. The van der Waals surface area contributed by atoms with E-state index >= 15 is 0 Å². The normalized spacial score (nSPS) is 10.4. The average molecular weight is 377 g/mol. The van der Waals surface area contributed by atoms with Gasteiger partial charge >= 0.3 is 0 Å². The van der Waals surface area contributed by atoms with E-state index in [1.807, 2.05) is 0 Å². The van der Waals surface area contributed by atoms with Crippen LogP contribution in [0.5, 0.6) is 11.5 Å². The molecule has 0 heterocycles. The quantitative estimate of drug-likeness (QED) is 0.597. The smallest absolute Gasteiger partial charge is 0.162 e. The topological polar surface area (TPSA) is 44.5 Å². The van der Waals surface area contributed by atoms with Gasteiger partial charge in [-0.1, -0.05) is 47.0 Å². The summed E-state index contributed by atoms with van der Waals surface area (Å²) in [6.07, 6.45) is 0. The van der Waals surface area contributed by atoms with Crippen LogP contribution in [0.25, 0.3) is 0 Å². The third-order valence-corrected chi connectivity index (χ3v) is 4.39. The van der Waals surface area contributed by atoms with Crippen molar-refractivity contribution >= 4 is 52.0 Å². The molecule has 2 N–H and O–H groups in total. The van der Waals surface area contributed by atoms with Crippen LogP contribution in [0.4, 0.5) is 0 Å². The van der Waals surface area contributed by atoms with Gasteiger partial charge in [-0.05, 0) is 30.3 Å². The summed E-state index contributed by atoms with van der Waals surface area (Å²) in [5.41, 5.74) is 6.90. The first-order valence-electron chi connectivity index (χ1n) is 6.17. The van der Waals surface area contributed by atoms with E-state index in [-0.39, 0.29) is 11.6 Å². The molecule has 0 radical (unpaired) electrons. The minimum Gasteiger partial charge on any atom is -0.493 e. The molecular weight excluding hydrogens is 365 g/mol. The molecule has 0 bridgehead atoms. The third kappa shape index (κ3) is 3.76. The standard InChI is InChI=1S/C15H12Cl3NO2S/c1-20-12-5-2-8(15(19)22)6-13(12)21-7-9-10(16)3-4-11(17)14(9)18/h2-6H,7H2,1H3,(H2,19,22). The number of methoxy groups -OCH3 is 1. The molecule has 3 nitrogen and oxygen atoms in total. The highest BCUT2D eigenvalue weighted by Gasteiger charge is 2.13. The fraction of sp³-hybridized carbons (Fsp3) is 0.133. The van der Waals surface area contributed by atoms with E-state index in [4.69, 9.17) is 62.2 Å². The van der Waals surface area contributed by atoms with Crippen LogP contribution >= 0.6 is 47.0 Å². The lowest BCUT2D eigenvalue weighted by Crippen LogP contribution is -2.10. The van der Waals surface area contributed by atoms with Crippen LogP contribution in [0.15, 0.2) is 30.3 Å². The largest absolute Gasteiger partial charge is 0.493 e. The second kappa shape index (κ2) is 7.38. The highest BCUT2D eigenvalue weighted by Crippen LogP contribution is 2.34. The van der Waals surface area contributed by atoms with E-state index in [2.05, 4.69) is 0 Å². The summed E-state index contributed by atoms with van der Waals surface area (Å²) in [6, 6.07) is 8.48. The first kappa shape index (κ1) is 17.2. The van der Waals surface area contributed by atoms with Crippen molar-refractivity contribution < 1.29 is 9.47 Å². The van der Waals surface area contributed by atoms with Crippen molar-refractivity contribution in [3.63, 3.8) is 0 Å². The summed E-state index contributed by atoms with van der Waals surface area (Å²) in [5.74, 6) is 1.04. The number of nitrogens with two attached hydrogens (primary N) is 1. The van der Waals surface area contributed by atoms with Crippen LogP contribution in [-0.4, -0.2) is 12.1 Å². The van der Waals surface area contributed by atoms with E-state index < -0.39 is 0 Å². The Morgan fingerprint density at radius 1 is 1.09 bits per heavy atom. The van der Waals surface area contributed by atoms with Gasteiger partial charge in [0.15, 0.2) is 11.5 Å². The summed E-state index contributed by atoms with van der Waals surface area (Å²) in [5, 5.41) is 1.24. The molecule has 0 aliphatic heterocycles. The molecule has 116 valence electrons. The van der Waals surface area contributed by atoms with E-state index in [1.165, 1.54) is 0 Å². The second-order valence-corrected chi connectivity index (χ2v) is 5.97. The van der Waals surface area contributed by atoms with Gasteiger partial charge in [-0.25, -0.2) is 0 Å². The Labute approximate surface area is 148 Å². The number of thiocarbonyl (C=S) groups is 1. The molecular formula is C15H12Cl3NO2S. The SMILES string of the molecule is COc1ccc(C(N)=S)cc1OCc1c(Cl)ccc(Cl)c1Cl. The molecule has 2 aromatic rings. The first-order chi connectivity index (χ1) is 10.4. The van der Waals surface area contributed by atoms with Gasteiger partial charge in [0.1, 0.15) is 11.6 Å². The lowest BCUT2D eigenvalue weighted by molar-refractivity contribution is 0.284. The summed E-state index contributed by atoms with van der Waals surface area (Å²) in [4.78, 5) is 0.270. The van der Waals surface area contributed by atoms with Gasteiger partial charge in [0.25, 0.3) is 0 Å². The predicted octanol–water partition coefficient (Wildman–Crippen LogP) is 4.87.